The van der Waals surface area contributed by atoms with E-state index < -0.39 is 10.0 Å². The van der Waals surface area contributed by atoms with E-state index in [0.717, 1.165) is 5.56 Å². The van der Waals surface area contributed by atoms with Crippen LogP contribution in [0.1, 0.15) is 11.3 Å². The molecule has 1 heterocycles. The van der Waals surface area contributed by atoms with E-state index in [1.165, 1.54) is 6.07 Å². The van der Waals surface area contributed by atoms with E-state index >= 15 is 0 Å². The molecule has 108 valence electrons. The molecular weight excluding hydrogens is 300 g/mol. The molecule has 2 rings (SSSR count). The number of sulfonamides is 1. The number of halogens is 1. The Morgan fingerprint density at radius 2 is 2.00 bits per heavy atom. The lowest BCUT2D eigenvalue weighted by molar-refractivity contribution is 0.408. The minimum absolute atomic E-state index is 0.139. The second kappa shape index (κ2) is 5.87. The Hall–Kier alpha value is -1.50. The van der Waals surface area contributed by atoms with Crippen LogP contribution in [0.25, 0.3) is 0 Å². The molecule has 1 aromatic heterocycles. The van der Waals surface area contributed by atoms with Gasteiger partial charge in [-0.3, -0.25) is 4.72 Å². The zero-order chi connectivity index (χ0) is 14.8. The van der Waals surface area contributed by atoms with Crippen LogP contribution in [0.4, 0.5) is 5.69 Å². The molecule has 0 aliphatic heterocycles. The van der Waals surface area contributed by atoms with Crippen molar-refractivity contribution in [2.24, 2.45) is 0 Å². The maximum atomic E-state index is 12.2. The fourth-order valence-electron chi connectivity index (χ4n) is 1.68. The van der Waals surface area contributed by atoms with Crippen LogP contribution in [0.5, 0.6) is 0 Å². The lowest BCUT2D eigenvalue weighted by Crippen LogP contribution is -2.12. The van der Waals surface area contributed by atoms with Crippen LogP contribution in [0.3, 0.4) is 0 Å². The molecule has 7 heteroatoms. The first-order chi connectivity index (χ1) is 9.42. The Morgan fingerprint density at radius 1 is 1.25 bits per heavy atom. The quantitative estimate of drug-likeness (QED) is 0.890. The molecule has 0 aliphatic rings. The lowest BCUT2D eigenvalue weighted by atomic mass is 10.2. The van der Waals surface area contributed by atoms with Gasteiger partial charge in [-0.05, 0) is 43.8 Å². The summed E-state index contributed by atoms with van der Waals surface area (Å²) >= 11 is 5.98. The van der Waals surface area contributed by atoms with E-state index in [2.05, 4.69) is 10.0 Å². The standard InChI is InChI=1S/C13H15ClN2O3S/c1-9-3-5-11(14)12(7-9)16-20(17,18)13-6-4-10(19-13)8-15-2/h3-7,15-16H,8H2,1-2H3. The number of nitrogens with one attached hydrogen (secondary N) is 2. The summed E-state index contributed by atoms with van der Waals surface area (Å²) in [5.74, 6) is 0.545. The van der Waals surface area contributed by atoms with Crippen molar-refractivity contribution >= 4 is 27.3 Å². The van der Waals surface area contributed by atoms with Gasteiger partial charge in [-0.1, -0.05) is 17.7 Å². The molecule has 0 spiro atoms. The highest BCUT2D eigenvalue weighted by molar-refractivity contribution is 7.92. The summed E-state index contributed by atoms with van der Waals surface area (Å²) in [6.45, 7) is 2.31. The first-order valence-electron chi connectivity index (χ1n) is 5.94. The molecule has 0 unspecified atom stereocenters. The molecule has 0 saturated carbocycles. The molecule has 0 radical (unpaired) electrons. The van der Waals surface area contributed by atoms with Crippen molar-refractivity contribution in [2.45, 2.75) is 18.6 Å². The molecule has 2 aromatic rings. The summed E-state index contributed by atoms with van der Waals surface area (Å²) in [4.78, 5) is 0. The van der Waals surface area contributed by atoms with E-state index in [-0.39, 0.29) is 5.09 Å². The third-order valence-corrected chi connectivity index (χ3v) is 4.19. The fraction of sp³-hybridized carbons (Fsp3) is 0.231. The predicted molar refractivity (Wildman–Crippen MR) is 78.5 cm³/mol. The summed E-state index contributed by atoms with van der Waals surface area (Å²) < 4.78 is 32.1. The smallest absolute Gasteiger partial charge is 0.295 e. The molecule has 0 aliphatic carbocycles. The van der Waals surface area contributed by atoms with Crippen LogP contribution >= 0.6 is 11.6 Å². The van der Waals surface area contributed by atoms with Gasteiger partial charge in [-0.2, -0.15) is 8.42 Å². The number of anilines is 1. The van der Waals surface area contributed by atoms with Gasteiger partial charge in [-0.25, -0.2) is 0 Å². The van der Waals surface area contributed by atoms with Gasteiger partial charge in [0.1, 0.15) is 5.76 Å². The van der Waals surface area contributed by atoms with E-state index in [4.69, 9.17) is 16.0 Å². The largest absolute Gasteiger partial charge is 0.446 e. The predicted octanol–water partition coefficient (Wildman–Crippen LogP) is 2.76. The van der Waals surface area contributed by atoms with Crippen LogP contribution in [0.2, 0.25) is 5.02 Å². The van der Waals surface area contributed by atoms with Gasteiger partial charge >= 0.3 is 0 Å². The molecular formula is C13H15ClN2O3S. The Labute approximate surface area is 123 Å². The van der Waals surface area contributed by atoms with Crippen LogP contribution in [0, 0.1) is 6.92 Å². The van der Waals surface area contributed by atoms with Gasteiger partial charge in [-0.15, -0.1) is 0 Å². The summed E-state index contributed by atoms with van der Waals surface area (Å²) in [5.41, 5.74) is 1.24. The molecule has 0 fully saturated rings. The van der Waals surface area contributed by atoms with E-state index in [1.54, 1.807) is 31.3 Å². The zero-order valence-corrected chi connectivity index (χ0v) is 12.7. The molecule has 1 aromatic carbocycles. The minimum atomic E-state index is -3.78. The Balaban J connectivity index is 2.28. The third-order valence-electron chi connectivity index (χ3n) is 2.62. The Bertz CT molecular complexity index is 710. The number of hydrogen-bond acceptors (Lipinski definition) is 4. The van der Waals surface area contributed by atoms with Crippen LogP contribution in [-0.2, 0) is 16.6 Å². The highest BCUT2D eigenvalue weighted by Crippen LogP contribution is 2.26. The molecule has 0 atom stereocenters. The summed E-state index contributed by atoms with van der Waals surface area (Å²) in [6, 6.07) is 8.14. The lowest BCUT2D eigenvalue weighted by Gasteiger charge is -2.08. The van der Waals surface area contributed by atoms with Crippen molar-refractivity contribution in [3.05, 3.63) is 46.7 Å². The number of hydrogen-bond donors (Lipinski definition) is 2. The Morgan fingerprint density at radius 3 is 2.70 bits per heavy atom. The number of furan rings is 1. The SMILES string of the molecule is CNCc1ccc(S(=O)(=O)Nc2cc(C)ccc2Cl)o1. The highest BCUT2D eigenvalue weighted by Gasteiger charge is 2.20. The number of rotatable bonds is 5. The van der Waals surface area contributed by atoms with Crippen LogP contribution < -0.4 is 10.0 Å². The topological polar surface area (TPSA) is 71.3 Å². The Kier molecular flexibility index (Phi) is 4.37. The van der Waals surface area contributed by atoms with Crippen molar-refractivity contribution in [1.29, 1.82) is 0 Å². The van der Waals surface area contributed by atoms with Crippen molar-refractivity contribution in [3.8, 4) is 0 Å². The number of benzene rings is 1. The number of aryl methyl sites for hydroxylation is 1. The minimum Gasteiger partial charge on any atom is -0.446 e. The van der Waals surface area contributed by atoms with Crippen molar-refractivity contribution in [3.63, 3.8) is 0 Å². The second-order valence-electron chi connectivity index (χ2n) is 4.34. The molecule has 0 saturated heterocycles. The van der Waals surface area contributed by atoms with Gasteiger partial charge in [0.2, 0.25) is 5.09 Å². The van der Waals surface area contributed by atoms with E-state index in [1.807, 2.05) is 6.92 Å². The van der Waals surface area contributed by atoms with Gasteiger partial charge in [0.05, 0.1) is 17.3 Å². The van der Waals surface area contributed by atoms with Gasteiger partial charge < -0.3 is 9.73 Å². The monoisotopic (exact) mass is 314 g/mol. The fourth-order valence-corrected chi connectivity index (χ4v) is 2.93. The van der Waals surface area contributed by atoms with Gasteiger partial charge in [0.15, 0.2) is 0 Å². The maximum absolute atomic E-state index is 12.2. The maximum Gasteiger partial charge on any atom is 0.295 e. The summed E-state index contributed by atoms with van der Waals surface area (Å²) in [6.07, 6.45) is 0. The van der Waals surface area contributed by atoms with Crippen molar-refractivity contribution < 1.29 is 12.8 Å². The van der Waals surface area contributed by atoms with Crippen molar-refractivity contribution in [2.75, 3.05) is 11.8 Å². The third kappa shape index (κ3) is 3.33. The average Bonchev–Trinajstić information content (AvgIpc) is 2.83. The normalized spacial score (nSPS) is 11.6. The van der Waals surface area contributed by atoms with Crippen molar-refractivity contribution in [1.82, 2.24) is 5.32 Å². The average molecular weight is 315 g/mol. The van der Waals surface area contributed by atoms with Crippen LogP contribution in [-0.4, -0.2) is 15.5 Å². The summed E-state index contributed by atoms with van der Waals surface area (Å²) in [5, 5.41) is 3.08. The van der Waals surface area contributed by atoms with Crippen LogP contribution in [0.15, 0.2) is 39.8 Å². The van der Waals surface area contributed by atoms with E-state index in [0.29, 0.717) is 23.0 Å². The van der Waals surface area contributed by atoms with Gasteiger partial charge in [0, 0.05) is 0 Å². The molecule has 0 bridgehead atoms. The molecule has 2 N–H and O–H groups in total. The molecule has 0 amide bonds. The first kappa shape index (κ1) is 14.9. The summed E-state index contributed by atoms with van der Waals surface area (Å²) in [7, 11) is -2.03. The second-order valence-corrected chi connectivity index (χ2v) is 6.36. The van der Waals surface area contributed by atoms with E-state index in [9.17, 15) is 8.42 Å². The molecule has 5 nitrogen and oxygen atoms in total. The highest BCUT2D eigenvalue weighted by atomic mass is 35.5. The zero-order valence-electron chi connectivity index (χ0n) is 11.1. The molecule has 20 heavy (non-hydrogen) atoms. The first-order valence-corrected chi connectivity index (χ1v) is 7.81. The van der Waals surface area contributed by atoms with Gasteiger partial charge in [0.25, 0.3) is 10.0 Å².